The number of carbonyl (C=O) groups is 1. The Bertz CT molecular complexity index is 392. The van der Waals surface area contributed by atoms with E-state index in [-0.39, 0.29) is 18.4 Å². The number of rotatable bonds is 8. The lowest BCUT2D eigenvalue weighted by Crippen LogP contribution is -2.17. The maximum Gasteiger partial charge on any atom is 0.271 e. The number of primary amides is 1. The number of aromatic nitrogens is 3. The highest BCUT2D eigenvalue weighted by atomic mass is 16.5. The third kappa shape index (κ3) is 3.51. The van der Waals surface area contributed by atoms with E-state index in [4.69, 9.17) is 15.6 Å². The predicted molar refractivity (Wildman–Crippen MR) is 64.9 cm³/mol. The summed E-state index contributed by atoms with van der Waals surface area (Å²) in [5.74, 6) is -0.601. The van der Waals surface area contributed by atoms with Crippen LogP contribution in [0.3, 0.4) is 0 Å². The molecule has 18 heavy (non-hydrogen) atoms. The monoisotopic (exact) mass is 256 g/mol. The zero-order valence-electron chi connectivity index (χ0n) is 10.8. The second kappa shape index (κ2) is 7.07. The number of nitrogens with zero attached hydrogens (tertiary/aromatic N) is 3. The number of hydrogen-bond acceptors (Lipinski definition) is 5. The molecular formula is C11H20N4O3. The van der Waals surface area contributed by atoms with Gasteiger partial charge >= 0.3 is 0 Å². The van der Waals surface area contributed by atoms with Crippen LogP contribution in [0.15, 0.2) is 0 Å². The van der Waals surface area contributed by atoms with E-state index in [0.717, 1.165) is 19.3 Å². The van der Waals surface area contributed by atoms with Crippen LogP contribution in [-0.2, 0) is 11.3 Å². The van der Waals surface area contributed by atoms with Gasteiger partial charge in [-0.2, -0.15) is 0 Å². The van der Waals surface area contributed by atoms with E-state index in [1.165, 1.54) is 0 Å². The molecule has 1 aromatic rings. The van der Waals surface area contributed by atoms with Gasteiger partial charge in [0.25, 0.3) is 5.91 Å². The number of amides is 1. The summed E-state index contributed by atoms with van der Waals surface area (Å²) in [6.07, 6.45) is 2.21. The second-order valence-electron chi connectivity index (χ2n) is 4.07. The standard InChI is InChI=1S/C11H20N4O3/c1-8(18-2)10-9(11(12)17)13-14-15(10)6-4-3-5-7-16/h8,16H,3-7H2,1-2H3,(H2,12,17). The molecule has 0 aliphatic carbocycles. The zero-order valence-corrected chi connectivity index (χ0v) is 10.8. The average Bonchev–Trinajstić information content (AvgIpc) is 2.77. The average molecular weight is 256 g/mol. The van der Waals surface area contributed by atoms with Crippen molar-refractivity contribution < 1.29 is 14.6 Å². The molecule has 7 heteroatoms. The summed E-state index contributed by atoms with van der Waals surface area (Å²) in [4.78, 5) is 11.2. The molecule has 1 aromatic heterocycles. The lowest BCUT2D eigenvalue weighted by molar-refractivity contribution is 0.0960. The Balaban J connectivity index is 2.80. The van der Waals surface area contributed by atoms with Gasteiger partial charge in [0.05, 0.1) is 6.10 Å². The summed E-state index contributed by atoms with van der Waals surface area (Å²) < 4.78 is 6.85. The van der Waals surface area contributed by atoms with E-state index >= 15 is 0 Å². The van der Waals surface area contributed by atoms with Crippen molar-refractivity contribution in [3.8, 4) is 0 Å². The first-order chi connectivity index (χ1) is 8.61. The van der Waals surface area contributed by atoms with Gasteiger partial charge in [-0.1, -0.05) is 5.21 Å². The van der Waals surface area contributed by atoms with Crippen molar-refractivity contribution in [1.82, 2.24) is 15.0 Å². The summed E-state index contributed by atoms with van der Waals surface area (Å²) in [5.41, 5.74) is 6.02. The zero-order chi connectivity index (χ0) is 13.5. The first-order valence-corrected chi connectivity index (χ1v) is 5.98. The molecule has 1 rings (SSSR count). The molecule has 1 amide bonds. The molecule has 1 atom stereocenters. The van der Waals surface area contributed by atoms with Crippen molar-refractivity contribution in [2.45, 2.75) is 38.8 Å². The second-order valence-corrected chi connectivity index (χ2v) is 4.07. The Morgan fingerprint density at radius 1 is 1.50 bits per heavy atom. The van der Waals surface area contributed by atoms with E-state index in [2.05, 4.69) is 10.3 Å². The minimum atomic E-state index is -0.601. The van der Waals surface area contributed by atoms with Crippen LogP contribution in [0.1, 0.15) is 48.5 Å². The van der Waals surface area contributed by atoms with Crippen molar-refractivity contribution in [2.75, 3.05) is 13.7 Å². The maximum absolute atomic E-state index is 11.2. The Morgan fingerprint density at radius 3 is 2.78 bits per heavy atom. The molecule has 0 spiro atoms. The van der Waals surface area contributed by atoms with E-state index in [0.29, 0.717) is 12.2 Å². The number of methoxy groups -OCH3 is 1. The molecule has 0 radical (unpaired) electrons. The van der Waals surface area contributed by atoms with Crippen LogP contribution in [-0.4, -0.2) is 39.7 Å². The van der Waals surface area contributed by atoms with Crippen LogP contribution in [0.2, 0.25) is 0 Å². The van der Waals surface area contributed by atoms with Gasteiger partial charge in [-0.15, -0.1) is 5.10 Å². The highest BCUT2D eigenvalue weighted by molar-refractivity contribution is 5.91. The van der Waals surface area contributed by atoms with E-state index < -0.39 is 5.91 Å². The van der Waals surface area contributed by atoms with E-state index in [9.17, 15) is 4.79 Å². The summed E-state index contributed by atoms with van der Waals surface area (Å²) in [5, 5.41) is 16.4. The number of hydrogen-bond donors (Lipinski definition) is 2. The lowest BCUT2D eigenvalue weighted by atomic mass is 10.2. The fourth-order valence-corrected chi connectivity index (χ4v) is 1.73. The molecule has 7 nitrogen and oxygen atoms in total. The van der Waals surface area contributed by atoms with Crippen LogP contribution in [0.5, 0.6) is 0 Å². The molecule has 0 saturated carbocycles. The Hall–Kier alpha value is -1.47. The van der Waals surface area contributed by atoms with E-state index in [1.807, 2.05) is 6.92 Å². The fourth-order valence-electron chi connectivity index (χ4n) is 1.73. The molecular weight excluding hydrogens is 236 g/mol. The predicted octanol–water partition coefficient (Wildman–Crippen LogP) is 0.247. The normalized spacial score (nSPS) is 12.6. The largest absolute Gasteiger partial charge is 0.396 e. The first kappa shape index (κ1) is 14.6. The number of carbonyl (C=O) groups excluding carboxylic acids is 1. The van der Waals surface area contributed by atoms with Gasteiger partial charge < -0.3 is 15.6 Å². The number of aryl methyl sites for hydroxylation is 1. The van der Waals surface area contributed by atoms with Crippen molar-refractivity contribution in [3.05, 3.63) is 11.4 Å². The quantitative estimate of drug-likeness (QED) is 0.649. The number of unbranched alkanes of at least 4 members (excludes halogenated alkanes) is 2. The third-order valence-electron chi connectivity index (χ3n) is 2.77. The maximum atomic E-state index is 11.2. The van der Waals surface area contributed by atoms with Crippen LogP contribution < -0.4 is 5.73 Å². The molecule has 0 aromatic carbocycles. The first-order valence-electron chi connectivity index (χ1n) is 5.98. The van der Waals surface area contributed by atoms with Crippen molar-refractivity contribution in [3.63, 3.8) is 0 Å². The molecule has 3 N–H and O–H groups in total. The van der Waals surface area contributed by atoms with Gasteiger partial charge in [0, 0.05) is 20.3 Å². The van der Waals surface area contributed by atoms with Gasteiger partial charge in [-0.3, -0.25) is 4.79 Å². The summed E-state index contributed by atoms with van der Waals surface area (Å²) in [6.45, 7) is 2.63. The van der Waals surface area contributed by atoms with Gasteiger partial charge in [-0.25, -0.2) is 4.68 Å². The minimum Gasteiger partial charge on any atom is -0.396 e. The van der Waals surface area contributed by atoms with Crippen LogP contribution in [0, 0.1) is 0 Å². The highest BCUT2D eigenvalue weighted by Gasteiger charge is 2.22. The number of aliphatic hydroxyl groups excluding tert-OH is 1. The Labute approximate surface area is 106 Å². The number of aliphatic hydroxyl groups is 1. The molecule has 0 aliphatic heterocycles. The third-order valence-corrected chi connectivity index (χ3v) is 2.77. The van der Waals surface area contributed by atoms with Crippen molar-refractivity contribution in [2.24, 2.45) is 5.73 Å². The minimum absolute atomic E-state index is 0.159. The summed E-state index contributed by atoms with van der Waals surface area (Å²) in [6, 6.07) is 0. The lowest BCUT2D eigenvalue weighted by Gasteiger charge is -2.12. The van der Waals surface area contributed by atoms with E-state index in [1.54, 1.807) is 11.8 Å². The molecule has 0 aliphatic rings. The summed E-state index contributed by atoms with van der Waals surface area (Å²) >= 11 is 0. The molecule has 0 bridgehead atoms. The van der Waals surface area contributed by atoms with Gasteiger partial charge in [0.15, 0.2) is 5.69 Å². The highest BCUT2D eigenvalue weighted by Crippen LogP contribution is 2.19. The molecule has 1 unspecified atom stereocenters. The molecule has 1 heterocycles. The molecule has 0 fully saturated rings. The SMILES string of the molecule is COC(C)c1c(C(N)=O)nnn1CCCCCO. The smallest absolute Gasteiger partial charge is 0.271 e. The van der Waals surface area contributed by atoms with Crippen molar-refractivity contribution in [1.29, 1.82) is 0 Å². The van der Waals surface area contributed by atoms with Crippen LogP contribution >= 0.6 is 0 Å². The summed E-state index contributed by atoms with van der Waals surface area (Å²) in [7, 11) is 1.55. The fraction of sp³-hybridized carbons (Fsp3) is 0.727. The van der Waals surface area contributed by atoms with Crippen LogP contribution in [0.25, 0.3) is 0 Å². The Kier molecular flexibility index (Phi) is 5.73. The number of ether oxygens (including phenoxy) is 1. The van der Waals surface area contributed by atoms with Crippen LogP contribution in [0.4, 0.5) is 0 Å². The Morgan fingerprint density at radius 2 is 2.22 bits per heavy atom. The number of nitrogens with two attached hydrogens (primary N) is 1. The van der Waals surface area contributed by atoms with Gasteiger partial charge in [-0.05, 0) is 26.2 Å². The molecule has 0 saturated heterocycles. The topological polar surface area (TPSA) is 103 Å². The van der Waals surface area contributed by atoms with Gasteiger partial charge in [0.2, 0.25) is 0 Å². The molecule has 102 valence electrons. The van der Waals surface area contributed by atoms with Crippen molar-refractivity contribution >= 4 is 5.91 Å². The van der Waals surface area contributed by atoms with Gasteiger partial charge in [0.1, 0.15) is 5.69 Å².